The lowest BCUT2D eigenvalue weighted by atomic mass is 10.2. The van der Waals surface area contributed by atoms with Gasteiger partial charge in [-0.3, -0.25) is 9.59 Å². The van der Waals surface area contributed by atoms with Gasteiger partial charge in [-0.25, -0.2) is 0 Å². The van der Waals surface area contributed by atoms with Gasteiger partial charge in [-0.1, -0.05) is 15.9 Å². The molecule has 0 heterocycles. The van der Waals surface area contributed by atoms with Crippen LogP contribution in [0.1, 0.15) is 12.5 Å². The van der Waals surface area contributed by atoms with Crippen LogP contribution in [-0.2, 0) is 9.59 Å². The molecule has 0 bridgehead atoms. The van der Waals surface area contributed by atoms with E-state index in [2.05, 4.69) is 21.2 Å². The Kier molecular flexibility index (Phi) is 4.72. The molecule has 1 aromatic rings. The van der Waals surface area contributed by atoms with Crippen molar-refractivity contribution in [3.63, 3.8) is 0 Å². The lowest BCUT2D eigenvalue weighted by molar-refractivity contribution is -0.131. The normalized spacial score (nSPS) is 10.1. The number of ether oxygens (including phenoxy) is 1. The average molecular weight is 284 g/mol. The molecule has 0 fully saturated rings. The lowest BCUT2D eigenvalue weighted by Crippen LogP contribution is -2.03. The van der Waals surface area contributed by atoms with Gasteiger partial charge >= 0.3 is 5.97 Å². The Morgan fingerprint density at radius 2 is 2.25 bits per heavy atom. The van der Waals surface area contributed by atoms with E-state index in [9.17, 15) is 9.59 Å². The van der Waals surface area contributed by atoms with E-state index in [4.69, 9.17) is 4.74 Å². The van der Waals surface area contributed by atoms with Crippen LogP contribution in [0, 0.1) is 0 Å². The molecule has 84 valence electrons. The third-order valence-corrected chi connectivity index (χ3v) is 2.15. The van der Waals surface area contributed by atoms with Gasteiger partial charge in [0.25, 0.3) is 0 Å². The molecule has 0 radical (unpaired) electrons. The molecule has 1 amide bonds. The third-order valence-electron chi connectivity index (χ3n) is 1.65. The molecule has 0 aliphatic heterocycles. The standard InChI is InChI=1S/C11H10BrNO3/c1-8(15)16-11-3-2-10(12)6-9(11)4-5-13-7-14/h2-7H,1H3,(H,13,14)/b5-4+. The molecule has 16 heavy (non-hydrogen) atoms. The molecule has 1 aromatic carbocycles. The van der Waals surface area contributed by atoms with Crippen molar-refractivity contribution in [3.8, 4) is 5.75 Å². The molecule has 0 atom stereocenters. The van der Waals surface area contributed by atoms with Crippen molar-refractivity contribution in [1.29, 1.82) is 0 Å². The average Bonchev–Trinajstić information content (AvgIpc) is 2.22. The maximum Gasteiger partial charge on any atom is 0.308 e. The number of nitrogens with one attached hydrogen (secondary N) is 1. The summed E-state index contributed by atoms with van der Waals surface area (Å²) in [6.45, 7) is 1.33. The van der Waals surface area contributed by atoms with Gasteiger partial charge < -0.3 is 10.1 Å². The molecule has 0 saturated heterocycles. The summed E-state index contributed by atoms with van der Waals surface area (Å²) in [5.74, 6) is 0.0555. The number of carbonyl (C=O) groups excluding carboxylic acids is 2. The second-order valence-corrected chi connectivity index (χ2v) is 3.81. The summed E-state index contributed by atoms with van der Waals surface area (Å²) in [6, 6.07) is 5.22. The van der Waals surface area contributed by atoms with Gasteiger partial charge in [0.1, 0.15) is 5.75 Å². The number of esters is 1. The Balaban J connectivity index is 2.97. The summed E-state index contributed by atoms with van der Waals surface area (Å²) in [5, 5.41) is 2.38. The van der Waals surface area contributed by atoms with Gasteiger partial charge in [-0.2, -0.15) is 0 Å². The predicted octanol–water partition coefficient (Wildman–Crippen LogP) is 2.09. The number of hydrogen-bond donors (Lipinski definition) is 1. The first kappa shape index (κ1) is 12.4. The number of hydrogen-bond acceptors (Lipinski definition) is 3. The topological polar surface area (TPSA) is 55.4 Å². The number of rotatable bonds is 4. The van der Waals surface area contributed by atoms with Gasteiger partial charge in [0.05, 0.1) is 0 Å². The predicted molar refractivity (Wildman–Crippen MR) is 63.7 cm³/mol. The van der Waals surface area contributed by atoms with Gasteiger partial charge in [0.2, 0.25) is 6.41 Å². The molecule has 0 aliphatic rings. The van der Waals surface area contributed by atoms with Crippen molar-refractivity contribution < 1.29 is 14.3 Å². The van der Waals surface area contributed by atoms with Gasteiger partial charge in [0.15, 0.2) is 0 Å². The summed E-state index contributed by atoms with van der Waals surface area (Å²) in [6.07, 6.45) is 3.65. The van der Waals surface area contributed by atoms with E-state index < -0.39 is 0 Å². The second-order valence-electron chi connectivity index (χ2n) is 2.89. The van der Waals surface area contributed by atoms with Crippen LogP contribution in [0.15, 0.2) is 28.9 Å². The van der Waals surface area contributed by atoms with E-state index in [0.29, 0.717) is 17.7 Å². The molecule has 0 unspecified atom stereocenters. The molecule has 4 nitrogen and oxygen atoms in total. The maximum atomic E-state index is 10.9. The number of benzene rings is 1. The smallest absolute Gasteiger partial charge is 0.308 e. The van der Waals surface area contributed by atoms with Crippen molar-refractivity contribution in [2.24, 2.45) is 0 Å². The van der Waals surface area contributed by atoms with Gasteiger partial charge in [0, 0.05) is 23.2 Å². The van der Waals surface area contributed by atoms with E-state index in [1.54, 1.807) is 24.3 Å². The largest absolute Gasteiger partial charge is 0.426 e. The van der Waals surface area contributed by atoms with E-state index in [0.717, 1.165) is 4.47 Å². The Hall–Kier alpha value is -1.62. The van der Waals surface area contributed by atoms with E-state index in [-0.39, 0.29) is 5.97 Å². The molecular formula is C11H10BrNO3. The van der Waals surface area contributed by atoms with E-state index in [1.807, 2.05) is 0 Å². The van der Waals surface area contributed by atoms with Crippen molar-refractivity contribution in [2.75, 3.05) is 0 Å². The van der Waals surface area contributed by atoms with Crippen LogP contribution in [-0.4, -0.2) is 12.4 Å². The first-order valence-corrected chi connectivity index (χ1v) is 5.27. The van der Waals surface area contributed by atoms with Crippen LogP contribution in [0.4, 0.5) is 0 Å². The highest BCUT2D eigenvalue weighted by Gasteiger charge is 2.04. The highest BCUT2D eigenvalue weighted by Crippen LogP contribution is 2.24. The minimum Gasteiger partial charge on any atom is -0.426 e. The third kappa shape index (κ3) is 3.86. The van der Waals surface area contributed by atoms with Gasteiger partial charge in [-0.15, -0.1) is 0 Å². The van der Waals surface area contributed by atoms with Crippen molar-refractivity contribution >= 4 is 34.4 Å². The fourth-order valence-corrected chi connectivity index (χ4v) is 1.45. The monoisotopic (exact) mass is 283 g/mol. The Bertz CT molecular complexity index is 429. The molecule has 0 saturated carbocycles. The summed E-state index contributed by atoms with van der Waals surface area (Å²) in [4.78, 5) is 20.9. The SMILES string of the molecule is CC(=O)Oc1ccc(Br)cc1/C=C/NC=O. The van der Waals surface area contributed by atoms with E-state index in [1.165, 1.54) is 13.1 Å². The fraction of sp³-hybridized carbons (Fsp3) is 0.0909. The molecule has 0 aliphatic carbocycles. The number of amides is 1. The number of carbonyl (C=O) groups is 2. The van der Waals surface area contributed by atoms with Crippen LogP contribution < -0.4 is 10.1 Å². The zero-order chi connectivity index (χ0) is 12.0. The van der Waals surface area contributed by atoms with Crippen LogP contribution >= 0.6 is 15.9 Å². The molecule has 1 rings (SSSR count). The van der Waals surface area contributed by atoms with Crippen molar-refractivity contribution in [1.82, 2.24) is 5.32 Å². The Labute approximate surface area is 101 Å². The second kappa shape index (κ2) is 6.07. The van der Waals surface area contributed by atoms with E-state index >= 15 is 0 Å². The fourth-order valence-electron chi connectivity index (χ4n) is 1.07. The Morgan fingerprint density at radius 3 is 2.88 bits per heavy atom. The molecule has 5 heteroatoms. The van der Waals surface area contributed by atoms with Crippen LogP contribution in [0.25, 0.3) is 6.08 Å². The van der Waals surface area contributed by atoms with Crippen molar-refractivity contribution in [3.05, 3.63) is 34.4 Å². The van der Waals surface area contributed by atoms with Gasteiger partial charge in [-0.05, 0) is 24.3 Å². The lowest BCUT2D eigenvalue weighted by Gasteiger charge is -2.05. The highest BCUT2D eigenvalue weighted by molar-refractivity contribution is 9.10. The zero-order valence-electron chi connectivity index (χ0n) is 8.57. The first-order chi connectivity index (χ1) is 7.63. The quantitative estimate of drug-likeness (QED) is 0.523. The number of halogens is 1. The van der Waals surface area contributed by atoms with Crippen LogP contribution in [0.5, 0.6) is 5.75 Å². The highest BCUT2D eigenvalue weighted by atomic mass is 79.9. The minimum atomic E-state index is -0.389. The molecular weight excluding hydrogens is 274 g/mol. The van der Waals surface area contributed by atoms with Crippen LogP contribution in [0.3, 0.4) is 0 Å². The summed E-state index contributed by atoms with van der Waals surface area (Å²) >= 11 is 3.31. The summed E-state index contributed by atoms with van der Waals surface area (Å²) in [5.41, 5.74) is 0.693. The summed E-state index contributed by atoms with van der Waals surface area (Å²) in [7, 11) is 0. The van der Waals surface area contributed by atoms with Crippen LogP contribution in [0.2, 0.25) is 0 Å². The zero-order valence-corrected chi connectivity index (χ0v) is 10.2. The molecule has 1 N–H and O–H groups in total. The Morgan fingerprint density at radius 1 is 1.50 bits per heavy atom. The first-order valence-electron chi connectivity index (χ1n) is 4.47. The van der Waals surface area contributed by atoms with Crippen molar-refractivity contribution in [2.45, 2.75) is 6.92 Å². The molecule has 0 aromatic heterocycles. The molecule has 0 spiro atoms. The minimum absolute atomic E-state index is 0.389. The maximum absolute atomic E-state index is 10.9. The summed E-state index contributed by atoms with van der Waals surface area (Å²) < 4.78 is 5.86.